The topological polar surface area (TPSA) is 24.9 Å². The smallest absolute Gasteiger partial charge is 0.130 e. The third kappa shape index (κ3) is 3.54. The highest BCUT2D eigenvalue weighted by atomic mass is 32.1. The fourth-order valence-electron chi connectivity index (χ4n) is 2.86. The summed E-state index contributed by atoms with van der Waals surface area (Å²) in [6.45, 7) is 5.64. The Morgan fingerprint density at radius 1 is 1.24 bits per heavy atom. The van der Waals surface area contributed by atoms with E-state index in [1.165, 1.54) is 0 Å². The Kier molecular flexibility index (Phi) is 4.73. The van der Waals surface area contributed by atoms with Gasteiger partial charge in [-0.15, -0.1) is 0 Å². The molecule has 1 saturated heterocycles. The van der Waals surface area contributed by atoms with Gasteiger partial charge in [-0.3, -0.25) is 4.90 Å². The van der Waals surface area contributed by atoms with Crippen molar-refractivity contribution in [3.05, 3.63) is 29.8 Å². The number of rotatable bonds is 3. The molecule has 0 N–H and O–H groups in total. The Balaban J connectivity index is 1.65. The molecule has 0 saturated carbocycles. The van der Waals surface area contributed by atoms with Crippen LogP contribution in [-0.2, 0) is 4.74 Å². The molecule has 0 aliphatic carbocycles. The summed E-state index contributed by atoms with van der Waals surface area (Å²) in [4.78, 5) is 5.45. The molecule has 1 aromatic rings. The first kappa shape index (κ1) is 14.8. The lowest BCUT2D eigenvalue weighted by atomic mass is 10.2. The second kappa shape index (κ2) is 6.73. The van der Waals surface area contributed by atoms with Crippen LogP contribution < -0.4 is 4.74 Å². The maximum absolute atomic E-state index is 6.20. The summed E-state index contributed by atoms with van der Waals surface area (Å²) in [5, 5.41) is 0. The highest BCUT2D eigenvalue weighted by Crippen LogP contribution is 2.25. The summed E-state index contributed by atoms with van der Waals surface area (Å²) in [6.07, 6.45) is 1.20. The van der Waals surface area contributed by atoms with Crippen LogP contribution in [0.5, 0.6) is 5.75 Å². The minimum Gasteiger partial charge on any atom is -0.488 e. The summed E-state index contributed by atoms with van der Waals surface area (Å²) in [6, 6.07) is 8.07. The van der Waals surface area contributed by atoms with Gasteiger partial charge in [-0.25, -0.2) is 0 Å². The Morgan fingerprint density at radius 2 is 2.00 bits per heavy atom. The molecule has 4 nitrogen and oxygen atoms in total. The molecule has 0 aromatic heterocycles. The zero-order valence-electron chi connectivity index (χ0n) is 12.5. The number of benzene rings is 1. The molecular weight excluding hydrogens is 284 g/mol. The van der Waals surface area contributed by atoms with Crippen LogP contribution in [0, 0.1) is 0 Å². The summed E-state index contributed by atoms with van der Waals surface area (Å²) in [5.74, 6) is 0.916. The number of likely N-dealkylation sites (N-methyl/N-ethyl adjacent to an activating group) is 1. The largest absolute Gasteiger partial charge is 0.488 e. The van der Waals surface area contributed by atoms with Crippen molar-refractivity contribution in [2.24, 2.45) is 0 Å². The van der Waals surface area contributed by atoms with E-state index in [2.05, 4.69) is 16.8 Å². The number of para-hydroxylation sites is 1. The van der Waals surface area contributed by atoms with Gasteiger partial charge in [0.2, 0.25) is 0 Å². The van der Waals surface area contributed by atoms with E-state index in [4.69, 9.17) is 21.7 Å². The highest BCUT2D eigenvalue weighted by molar-refractivity contribution is 7.80. The standard InChI is InChI=1S/C16H22N2O2S/c1-17-12-13(6-7-18-8-10-19-11-9-18)20-15-5-3-2-4-14(15)16(17)21/h2-5,13H,6-12H2,1H3. The van der Waals surface area contributed by atoms with Crippen molar-refractivity contribution in [1.82, 2.24) is 9.80 Å². The van der Waals surface area contributed by atoms with Crippen LogP contribution in [0.4, 0.5) is 0 Å². The normalized spacial score (nSPS) is 23.4. The molecule has 3 rings (SSSR count). The molecule has 2 heterocycles. The fraction of sp³-hybridized carbons (Fsp3) is 0.562. The van der Waals surface area contributed by atoms with Gasteiger partial charge in [0.25, 0.3) is 0 Å². The molecular formula is C16H22N2O2S. The number of hydrogen-bond donors (Lipinski definition) is 0. The molecule has 1 aromatic carbocycles. The van der Waals surface area contributed by atoms with Gasteiger partial charge in [0, 0.05) is 26.7 Å². The van der Waals surface area contributed by atoms with Gasteiger partial charge in [0.1, 0.15) is 16.8 Å². The third-order valence-electron chi connectivity index (χ3n) is 4.11. The van der Waals surface area contributed by atoms with Crippen molar-refractivity contribution >= 4 is 17.2 Å². The first-order valence-electron chi connectivity index (χ1n) is 7.55. The fourth-order valence-corrected chi connectivity index (χ4v) is 3.10. The van der Waals surface area contributed by atoms with Crippen LogP contribution in [0.3, 0.4) is 0 Å². The molecule has 2 aliphatic heterocycles. The molecule has 1 atom stereocenters. The van der Waals surface area contributed by atoms with Crippen LogP contribution in [-0.4, -0.2) is 67.3 Å². The number of ether oxygens (including phenoxy) is 2. The minimum atomic E-state index is 0.180. The van der Waals surface area contributed by atoms with Crippen molar-refractivity contribution in [3.63, 3.8) is 0 Å². The zero-order chi connectivity index (χ0) is 14.7. The van der Waals surface area contributed by atoms with Crippen molar-refractivity contribution in [2.45, 2.75) is 12.5 Å². The van der Waals surface area contributed by atoms with Crippen LogP contribution in [0.15, 0.2) is 24.3 Å². The van der Waals surface area contributed by atoms with E-state index in [-0.39, 0.29) is 6.10 Å². The van der Waals surface area contributed by atoms with Gasteiger partial charge in [0.15, 0.2) is 0 Å². The molecule has 114 valence electrons. The first-order chi connectivity index (χ1) is 10.2. The quantitative estimate of drug-likeness (QED) is 0.793. The van der Waals surface area contributed by atoms with Crippen molar-refractivity contribution in [3.8, 4) is 5.75 Å². The molecule has 0 spiro atoms. The number of thiocarbonyl (C=S) groups is 1. The summed E-state index contributed by atoms with van der Waals surface area (Å²) < 4.78 is 11.6. The first-order valence-corrected chi connectivity index (χ1v) is 7.96. The Labute approximate surface area is 131 Å². The van der Waals surface area contributed by atoms with Crippen LogP contribution >= 0.6 is 12.2 Å². The van der Waals surface area contributed by atoms with E-state index in [1.807, 2.05) is 24.3 Å². The second-order valence-corrected chi connectivity index (χ2v) is 6.05. The molecule has 1 fully saturated rings. The molecule has 0 radical (unpaired) electrons. The molecule has 5 heteroatoms. The van der Waals surface area contributed by atoms with Crippen LogP contribution in [0.25, 0.3) is 0 Å². The predicted octanol–water partition coefficient (Wildman–Crippen LogP) is 1.78. The maximum atomic E-state index is 6.20. The average molecular weight is 306 g/mol. The highest BCUT2D eigenvalue weighted by Gasteiger charge is 2.24. The number of hydrogen-bond acceptors (Lipinski definition) is 4. The third-order valence-corrected chi connectivity index (χ3v) is 4.64. The lowest BCUT2D eigenvalue weighted by Crippen LogP contribution is -2.40. The van der Waals surface area contributed by atoms with Gasteiger partial charge in [-0.1, -0.05) is 24.4 Å². The van der Waals surface area contributed by atoms with Gasteiger partial charge in [0.05, 0.1) is 25.3 Å². The molecule has 2 aliphatic rings. The van der Waals surface area contributed by atoms with Gasteiger partial charge in [-0.05, 0) is 18.6 Å². The van der Waals surface area contributed by atoms with E-state index in [1.54, 1.807) is 0 Å². The number of nitrogens with zero attached hydrogens (tertiary/aromatic N) is 2. The summed E-state index contributed by atoms with van der Waals surface area (Å²) in [5.41, 5.74) is 1.03. The Morgan fingerprint density at radius 3 is 2.81 bits per heavy atom. The second-order valence-electron chi connectivity index (χ2n) is 5.66. The van der Waals surface area contributed by atoms with Crippen molar-refractivity contribution in [1.29, 1.82) is 0 Å². The van der Waals surface area contributed by atoms with Gasteiger partial charge >= 0.3 is 0 Å². The SMILES string of the molecule is CN1CC(CCN2CCOCC2)Oc2ccccc2C1=S. The van der Waals surface area contributed by atoms with E-state index in [9.17, 15) is 0 Å². The summed E-state index contributed by atoms with van der Waals surface area (Å²) >= 11 is 5.55. The maximum Gasteiger partial charge on any atom is 0.130 e. The number of morpholine rings is 1. The lowest BCUT2D eigenvalue weighted by Gasteiger charge is -2.29. The Hall–Kier alpha value is -1.17. The van der Waals surface area contributed by atoms with Crippen molar-refractivity contribution < 1.29 is 9.47 Å². The summed E-state index contributed by atoms with van der Waals surface area (Å²) in [7, 11) is 2.05. The van der Waals surface area contributed by atoms with Gasteiger partial charge in [-0.2, -0.15) is 0 Å². The zero-order valence-corrected chi connectivity index (χ0v) is 13.3. The lowest BCUT2D eigenvalue weighted by molar-refractivity contribution is 0.0312. The monoisotopic (exact) mass is 306 g/mol. The van der Waals surface area contributed by atoms with Crippen LogP contribution in [0.2, 0.25) is 0 Å². The average Bonchev–Trinajstić information content (AvgIpc) is 2.64. The predicted molar refractivity (Wildman–Crippen MR) is 87.1 cm³/mol. The Bertz CT molecular complexity index is 503. The van der Waals surface area contributed by atoms with Gasteiger partial charge < -0.3 is 14.4 Å². The minimum absolute atomic E-state index is 0.180. The molecule has 1 unspecified atom stereocenters. The molecule has 0 amide bonds. The number of fused-ring (bicyclic) bond motifs is 1. The van der Waals surface area contributed by atoms with Crippen LogP contribution in [0.1, 0.15) is 12.0 Å². The van der Waals surface area contributed by atoms with E-state index >= 15 is 0 Å². The van der Waals surface area contributed by atoms with E-state index in [0.29, 0.717) is 0 Å². The van der Waals surface area contributed by atoms with Crippen molar-refractivity contribution in [2.75, 3.05) is 46.4 Å². The van der Waals surface area contributed by atoms with E-state index in [0.717, 1.165) is 62.1 Å². The van der Waals surface area contributed by atoms with E-state index < -0.39 is 0 Å². The molecule has 21 heavy (non-hydrogen) atoms. The molecule has 0 bridgehead atoms.